The highest BCUT2D eigenvalue weighted by Gasteiger charge is 2.27. The van der Waals surface area contributed by atoms with Gasteiger partial charge in [-0.2, -0.15) is 0 Å². The van der Waals surface area contributed by atoms with Crippen LogP contribution in [0.3, 0.4) is 0 Å². The lowest BCUT2D eigenvalue weighted by molar-refractivity contribution is -0.120. The predicted octanol–water partition coefficient (Wildman–Crippen LogP) is 3.85. The number of rotatable bonds is 3. The fourth-order valence-corrected chi connectivity index (χ4v) is 4.17. The van der Waals surface area contributed by atoms with Gasteiger partial charge in [0.1, 0.15) is 10.3 Å². The Labute approximate surface area is 150 Å². The molecule has 1 N–H and O–H groups in total. The van der Waals surface area contributed by atoms with Crippen molar-refractivity contribution in [1.82, 2.24) is 9.97 Å². The molecule has 128 valence electrons. The molecule has 3 heterocycles. The van der Waals surface area contributed by atoms with Crippen LogP contribution in [0.1, 0.15) is 18.4 Å². The van der Waals surface area contributed by atoms with Crippen molar-refractivity contribution in [3.8, 4) is 0 Å². The molecule has 1 aliphatic heterocycles. The lowest BCUT2D eigenvalue weighted by Gasteiger charge is -2.31. The summed E-state index contributed by atoms with van der Waals surface area (Å²) < 4.78 is 0. The van der Waals surface area contributed by atoms with Gasteiger partial charge in [0.15, 0.2) is 5.13 Å². The van der Waals surface area contributed by atoms with Crippen LogP contribution < -0.4 is 10.2 Å². The summed E-state index contributed by atoms with van der Waals surface area (Å²) in [5.41, 5.74) is 2.94. The number of carbonyl (C=O) groups is 1. The van der Waals surface area contributed by atoms with E-state index in [0.717, 1.165) is 46.1 Å². The molecule has 0 spiro atoms. The number of piperidine rings is 1. The van der Waals surface area contributed by atoms with E-state index in [1.165, 1.54) is 0 Å². The Morgan fingerprint density at radius 1 is 1.32 bits per heavy atom. The number of nitrogens with zero attached hydrogens (tertiary/aromatic N) is 3. The van der Waals surface area contributed by atoms with E-state index in [4.69, 9.17) is 0 Å². The zero-order valence-corrected chi connectivity index (χ0v) is 14.9. The van der Waals surface area contributed by atoms with E-state index in [0.29, 0.717) is 6.54 Å². The van der Waals surface area contributed by atoms with Crippen LogP contribution in [0.5, 0.6) is 0 Å². The zero-order valence-electron chi connectivity index (χ0n) is 14.1. The third-order valence-corrected chi connectivity index (χ3v) is 5.54. The third kappa shape index (κ3) is 3.49. The molecule has 6 heteroatoms. The van der Waals surface area contributed by atoms with Gasteiger partial charge in [0.05, 0.1) is 5.92 Å². The van der Waals surface area contributed by atoms with Crippen LogP contribution in [0.2, 0.25) is 0 Å². The van der Waals surface area contributed by atoms with E-state index in [2.05, 4.69) is 20.2 Å². The van der Waals surface area contributed by atoms with Crippen molar-refractivity contribution in [2.75, 3.05) is 23.3 Å². The van der Waals surface area contributed by atoms with Gasteiger partial charge in [-0.25, -0.2) is 9.97 Å². The van der Waals surface area contributed by atoms with Crippen LogP contribution in [-0.4, -0.2) is 29.0 Å². The number of pyridine rings is 1. The largest absolute Gasteiger partial charge is 0.347 e. The number of hydrogen-bond acceptors (Lipinski definition) is 5. The van der Waals surface area contributed by atoms with Gasteiger partial charge in [-0.1, -0.05) is 23.5 Å². The third-order valence-electron chi connectivity index (χ3n) is 4.50. The fourth-order valence-electron chi connectivity index (χ4n) is 3.23. The molecule has 1 fully saturated rings. The van der Waals surface area contributed by atoms with Crippen molar-refractivity contribution >= 4 is 38.4 Å². The minimum atomic E-state index is -0.0192. The lowest BCUT2D eigenvalue weighted by Crippen LogP contribution is -2.40. The first-order chi connectivity index (χ1) is 12.2. The molecule has 0 aliphatic carbocycles. The summed E-state index contributed by atoms with van der Waals surface area (Å²) in [6.45, 7) is 3.67. The number of aromatic nitrogens is 2. The molecule has 4 rings (SSSR count). The molecule has 2 aromatic heterocycles. The monoisotopic (exact) mass is 352 g/mol. The summed E-state index contributed by atoms with van der Waals surface area (Å²) in [6, 6.07) is 11.8. The maximum Gasteiger partial charge on any atom is 0.229 e. The molecule has 0 saturated carbocycles. The molecular weight excluding hydrogens is 332 g/mol. The molecule has 1 aromatic carbocycles. The number of hydrogen-bond donors (Lipinski definition) is 1. The second kappa shape index (κ2) is 6.80. The van der Waals surface area contributed by atoms with Crippen molar-refractivity contribution < 1.29 is 4.79 Å². The van der Waals surface area contributed by atoms with Gasteiger partial charge < -0.3 is 10.2 Å². The highest BCUT2D eigenvalue weighted by Crippen LogP contribution is 2.30. The Morgan fingerprint density at radius 2 is 2.24 bits per heavy atom. The maximum absolute atomic E-state index is 12.7. The summed E-state index contributed by atoms with van der Waals surface area (Å²) >= 11 is 1.60. The first-order valence-electron chi connectivity index (χ1n) is 8.53. The standard InChI is InChI=1S/C19H20N4OS/c1-13-5-2-7-15(11-13)21-17(24)14-6-4-10-23(12-14)19-22-16-8-3-9-20-18(16)25-19/h2-3,5,7-9,11,14H,4,6,10,12H2,1H3,(H,21,24). The molecule has 0 radical (unpaired) electrons. The molecule has 1 aliphatic rings. The van der Waals surface area contributed by atoms with E-state index in [9.17, 15) is 4.79 Å². The highest BCUT2D eigenvalue weighted by molar-refractivity contribution is 7.21. The summed E-state index contributed by atoms with van der Waals surface area (Å²) in [6.07, 6.45) is 3.70. The van der Waals surface area contributed by atoms with Gasteiger partial charge in [-0.05, 0) is 49.6 Å². The van der Waals surface area contributed by atoms with Crippen LogP contribution in [0, 0.1) is 12.8 Å². The van der Waals surface area contributed by atoms with Crippen molar-refractivity contribution in [2.24, 2.45) is 5.92 Å². The molecule has 1 unspecified atom stereocenters. The van der Waals surface area contributed by atoms with Gasteiger partial charge in [0, 0.05) is 25.0 Å². The Balaban J connectivity index is 1.47. The molecule has 0 bridgehead atoms. The number of nitrogens with one attached hydrogen (secondary N) is 1. The number of thiazole rings is 1. The first-order valence-corrected chi connectivity index (χ1v) is 9.35. The molecule has 1 atom stereocenters. The Hall–Kier alpha value is -2.47. The highest BCUT2D eigenvalue weighted by atomic mass is 32.1. The van der Waals surface area contributed by atoms with E-state index in [1.54, 1.807) is 17.5 Å². The van der Waals surface area contributed by atoms with Crippen LogP contribution in [-0.2, 0) is 4.79 Å². The van der Waals surface area contributed by atoms with Crippen LogP contribution >= 0.6 is 11.3 Å². The maximum atomic E-state index is 12.7. The summed E-state index contributed by atoms with van der Waals surface area (Å²) in [4.78, 5) is 24.9. The van der Waals surface area contributed by atoms with Crippen LogP contribution in [0.4, 0.5) is 10.8 Å². The number of aryl methyl sites for hydroxylation is 1. The van der Waals surface area contributed by atoms with Crippen LogP contribution in [0.15, 0.2) is 42.6 Å². The summed E-state index contributed by atoms with van der Waals surface area (Å²) in [5, 5.41) is 4.02. The normalized spacial score (nSPS) is 17.6. The molecule has 1 saturated heterocycles. The van der Waals surface area contributed by atoms with Gasteiger partial charge in [0.25, 0.3) is 0 Å². The van der Waals surface area contributed by atoms with Gasteiger partial charge >= 0.3 is 0 Å². The number of anilines is 2. The lowest BCUT2D eigenvalue weighted by atomic mass is 9.97. The van der Waals surface area contributed by atoms with E-state index >= 15 is 0 Å². The number of amides is 1. The average Bonchev–Trinajstić information content (AvgIpc) is 3.06. The number of benzene rings is 1. The smallest absolute Gasteiger partial charge is 0.229 e. The number of carbonyl (C=O) groups excluding carboxylic acids is 1. The Bertz CT molecular complexity index is 874. The Morgan fingerprint density at radius 3 is 3.08 bits per heavy atom. The molecule has 1 amide bonds. The molecular formula is C19H20N4OS. The van der Waals surface area contributed by atoms with Crippen molar-refractivity contribution in [3.05, 3.63) is 48.2 Å². The minimum absolute atomic E-state index is 0.0192. The topological polar surface area (TPSA) is 58.1 Å². The van der Waals surface area contributed by atoms with Gasteiger partial charge in [0.2, 0.25) is 5.91 Å². The summed E-state index contributed by atoms with van der Waals surface area (Å²) in [7, 11) is 0. The van der Waals surface area contributed by atoms with Gasteiger partial charge in [-0.3, -0.25) is 4.79 Å². The zero-order chi connectivity index (χ0) is 17.2. The quantitative estimate of drug-likeness (QED) is 0.778. The minimum Gasteiger partial charge on any atom is -0.347 e. The fraction of sp³-hybridized carbons (Fsp3) is 0.316. The Kier molecular flexibility index (Phi) is 4.36. The number of fused-ring (bicyclic) bond motifs is 1. The van der Waals surface area contributed by atoms with E-state index in [-0.39, 0.29) is 11.8 Å². The van der Waals surface area contributed by atoms with Crippen LogP contribution in [0.25, 0.3) is 10.3 Å². The van der Waals surface area contributed by atoms with Gasteiger partial charge in [-0.15, -0.1) is 0 Å². The average molecular weight is 352 g/mol. The predicted molar refractivity (Wildman–Crippen MR) is 102 cm³/mol. The second-order valence-electron chi connectivity index (χ2n) is 6.47. The SMILES string of the molecule is Cc1cccc(NC(=O)C2CCCN(c3nc4cccnc4s3)C2)c1. The van der Waals surface area contributed by atoms with E-state index in [1.807, 2.05) is 43.3 Å². The van der Waals surface area contributed by atoms with Crippen molar-refractivity contribution in [1.29, 1.82) is 0 Å². The molecule has 25 heavy (non-hydrogen) atoms. The second-order valence-corrected chi connectivity index (χ2v) is 7.42. The summed E-state index contributed by atoms with van der Waals surface area (Å²) in [5.74, 6) is 0.0729. The van der Waals surface area contributed by atoms with E-state index < -0.39 is 0 Å². The molecule has 3 aromatic rings. The van der Waals surface area contributed by atoms with Crippen molar-refractivity contribution in [3.63, 3.8) is 0 Å². The van der Waals surface area contributed by atoms with Crippen molar-refractivity contribution in [2.45, 2.75) is 19.8 Å². The molecule has 5 nitrogen and oxygen atoms in total. The first kappa shape index (κ1) is 16.0.